The number of hydrogen-bond donors (Lipinski definition) is 2. The molecule has 0 unspecified atom stereocenters. The van der Waals surface area contributed by atoms with E-state index in [0.717, 1.165) is 31.5 Å². The molecular formula is C16H22ClN3O3. The molecule has 7 heteroatoms. The number of benzene rings is 1. The third kappa shape index (κ3) is 4.02. The van der Waals surface area contributed by atoms with Crippen molar-refractivity contribution in [1.82, 2.24) is 4.90 Å². The average molecular weight is 340 g/mol. The number of nitrogens with two attached hydrogens (primary N) is 2. The van der Waals surface area contributed by atoms with Gasteiger partial charge in [-0.15, -0.1) is 11.6 Å². The second-order valence-corrected chi connectivity index (χ2v) is 6.15. The van der Waals surface area contributed by atoms with Gasteiger partial charge in [0.25, 0.3) is 0 Å². The van der Waals surface area contributed by atoms with Crippen LogP contribution in [-0.2, 0) is 16.1 Å². The van der Waals surface area contributed by atoms with Crippen molar-refractivity contribution in [3.63, 3.8) is 0 Å². The van der Waals surface area contributed by atoms with Gasteiger partial charge in [0.1, 0.15) is 5.38 Å². The molecule has 1 saturated heterocycles. The predicted molar refractivity (Wildman–Crippen MR) is 87.8 cm³/mol. The number of amides is 1. The molecule has 0 radical (unpaired) electrons. The van der Waals surface area contributed by atoms with E-state index in [-0.39, 0.29) is 0 Å². The lowest BCUT2D eigenvalue weighted by Crippen LogP contribution is -2.31. The number of likely N-dealkylation sites (tertiary alicyclic amines) is 1. The molecule has 1 heterocycles. The van der Waals surface area contributed by atoms with E-state index in [1.54, 1.807) is 18.2 Å². The van der Waals surface area contributed by atoms with Crippen LogP contribution in [0.1, 0.15) is 46.6 Å². The molecule has 0 spiro atoms. The molecule has 1 aliphatic heterocycles. The zero-order chi connectivity index (χ0) is 17.0. The van der Waals surface area contributed by atoms with Gasteiger partial charge in [-0.3, -0.25) is 4.79 Å². The number of nitrogens with zero attached hydrogens (tertiary/aromatic N) is 1. The number of hydrogen-bond acceptors (Lipinski definition) is 5. The quantitative estimate of drug-likeness (QED) is 0.604. The van der Waals surface area contributed by atoms with E-state index >= 15 is 0 Å². The highest BCUT2D eigenvalue weighted by atomic mass is 35.5. The topological polar surface area (TPSA) is 98.7 Å². The molecule has 0 aliphatic carbocycles. The Labute approximate surface area is 140 Å². The first kappa shape index (κ1) is 17.7. The molecule has 2 atom stereocenters. The minimum absolute atomic E-state index is 0.334. The fraction of sp³-hybridized carbons (Fsp3) is 0.500. The van der Waals surface area contributed by atoms with Crippen LogP contribution in [0.25, 0.3) is 0 Å². The average Bonchev–Trinajstić information content (AvgIpc) is 3.00. The second-order valence-electron chi connectivity index (χ2n) is 5.71. The zero-order valence-corrected chi connectivity index (χ0v) is 13.9. The van der Waals surface area contributed by atoms with E-state index in [2.05, 4.69) is 16.7 Å². The number of carbonyl (C=O) groups excluding carboxylic acids is 2. The van der Waals surface area contributed by atoms with Crippen molar-refractivity contribution >= 4 is 23.5 Å². The number of alkyl halides is 1. The van der Waals surface area contributed by atoms with Crippen LogP contribution in [0.15, 0.2) is 18.2 Å². The molecule has 4 N–H and O–H groups in total. The minimum Gasteiger partial charge on any atom is -0.370 e. The largest absolute Gasteiger partial charge is 0.370 e. The lowest BCUT2D eigenvalue weighted by Gasteiger charge is -2.24. The molecule has 0 saturated carbocycles. The molecule has 0 aromatic heterocycles. The Hall–Kier alpha value is -1.63. The maximum atomic E-state index is 11.7. The van der Waals surface area contributed by atoms with Gasteiger partial charge in [-0.25, -0.2) is 4.79 Å². The fourth-order valence-electron chi connectivity index (χ4n) is 3.17. The van der Waals surface area contributed by atoms with Gasteiger partial charge in [0.2, 0.25) is 5.91 Å². The Morgan fingerprint density at radius 3 is 2.83 bits per heavy atom. The van der Waals surface area contributed by atoms with E-state index < -0.39 is 17.3 Å². The van der Waals surface area contributed by atoms with Crippen molar-refractivity contribution in [2.24, 2.45) is 11.6 Å². The molecular weight excluding hydrogens is 318 g/mol. The van der Waals surface area contributed by atoms with Gasteiger partial charge >= 0.3 is 5.97 Å². The predicted octanol–water partition coefficient (Wildman–Crippen LogP) is 1.51. The summed E-state index contributed by atoms with van der Waals surface area (Å²) >= 11 is 6.14. The van der Waals surface area contributed by atoms with Crippen LogP contribution < -0.4 is 11.6 Å². The number of likely N-dealkylation sites (N-methyl/N-ethyl adjacent to an activating group) is 1. The summed E-state index contributed by atoms with van der Waals surface area (Å²) in [7, 11) is 0. The summed E-state index contributed by atoms with van der Waals surface area (Å²) in [5.74, 6) is 3.72. The van der Waals surface area contributed by atoms with Crippen molar-refractivity contribution in [2.75, 3.05) is 13.1 Å². The Morgan fingerprint density at radius 1 is 1.48 bits per heavy atom. The highest BCUT2D eigenvalue weighted by Gasteiger charge is 2.26. The Kier molecular flexibility index (Phi) is 5.98. The molecule has 23 heavy (non-hydrogen) atoms. The van der Waals surface area contributed by atoms with Gasteiger partial charge in [0.15, 0.2) is 0 Å². The first-order chi connectivity index (χ1) is 11.0. The van der Waals surface area contributed by atoms with Crippen molar-refractivity contribution in [3.8, 4) is 0 Å². The highest BCUT2D eigenvalue weighted by molar-refractivity contribution is 6.30. The summed E-state index contributed by atoms with van der Waals surface area (Å²) in [5.41, 5.74) is 7.13. The number of carbonyl (C=O) groups is 2. The molecule has 2 rings (SSSR count). The summed E-state index contributed by atoms with van der Waals surface area (Å²) in [6.07, 6.45) is 2.91. The monoisotopic (exact) mass is 339 g/mol. The van der Waals surface area contributed by atoms with E-state index in [9.17, 15) is 9.59 Å². The SMILES string of the molecule is CCN1CCC[C@H]1Cc1cc(C(=O)ON)ccc1[C@H](Cl)C(N)=O. The highest BCUT2D eigenvalue weighted by Crippen LogP contribution is 2.29. The van der Waals surface area contributed by atoms with E-state index in [4.69, 9.17) is 23.2 Å². The third-order valence-corrected chi connectivity index (χ3v) is 4.82. The van der Waals surface area contributed by atoms with Crippen LogP contribution in [0.5, 0.6) is 0 Å². The number of rotatable bonds is 6. The molecule has 6 nitrogen and oxygen atoms in total. The van der Waals surface area contributed by atoms with Crippen molar-refractivity contribution in [2.45, 2.75) is 37.6 Å². The maximum Gasteiger partial charge on any atom is 0.356 e. The first-order valence-electron chi connectivity index (χ1n) is 7.69. The van der Waals surface area contributed by atoms with Gasteiger partial charge in [-0.1, -0.05) is 13.0 Å². The summed E-state index contributed by atoms with van der Waals surface area (Å²) in [5, 5.41) is -0.926. The minimum atomic E-state index is -0.926. The first-order valence-corrected chi connectivity index (χ1v) is 8.12. The summed E-state index contributed by atoms with van der Waals surface area (Å²) in [6, 6.07) is 5.24. The Bertz CT molecular complexity index is 594. The van der Waals surface area contributed by atoms with Gasteiger partial charge < -0.3 is 15.5 Å². The lowest BCUT2D eigenvalue weighted by atomic mass is 9.94. The number of primary amides is 1. The van der Waals surface area contributed by atoms with Crippen molar-refractivity contribution in [3.05, 3.63) is 34.9 Å². The molecule has 1 amide bonds. The molecule has 1 aromatic rings. The molecule has 0 bridgehead atoms. The van der Waals surface area contributed by atoms with E-state index in [1.807, 2.05) is 0 Å². The summed E-state index contributed by atoms with van der Waals surface area (Å²) in [4.78, 5) is 29.8. The zero-order valence-electron chi connectivity index (χ0n) is 13.1. The summed E-state index contributed by atoms with van der Waals surface area (Å²) in [6.45, 7) is 4.14. The van der Waals surface area contributed by atoms with Crippen LogP contribution in [0.2, 0.25) is 0 Å². The van der Waals surface area contributed by atoms with E-state index in [0.29, 0.717) is 23.6 Å². The van der Waals surface area contributed by atoms with E-state index in [1.165, 1.54) is 0 Å². The van der Waals surface area contributed by atoms with Crippen molar-refractivity contribution in [1.29, 1.82) is 0 Å². The van der Waals surface area contributed by atoms with Gasteiger partial charge in [0, 0.05) is 6.04 Å². The van der Waals surface area contributed by atoms with Crippen LogP contribution in [0, 0.1) is 0 Å². The van der Waals surface area contributed by atoms with Gasteiger partial charge in [-0.05, 0) is 55.6 Å². The Morgan fingerprint density at radius 2 is 2.22 bits per heavy atom. The molecule has 1 fully saturated rings. The van der Waals surface area contributed by atoms with Crippen LogP contribution in [0.3, 0.4) is 0 Å². The normalized spacial score (nSPS) is 19.5. The summed E-state index contributed by atoms with van der Waals surface area (Å²) < 4.78 is 0. The molecule has 1 aliphatic rings. The Balaban J connectivity index is 2.35. The lowest BCUT2D eigenvalue weighted by molar-refractivity contribution is -0.117. The van der Waals surface area contributed by atoms with Gasteiger partial charge in [0.05, 0.1) is 5.56 Å². The standard InChI is InChI=1S/C16H22ClN3O3/c1-2-20-7-3-4-12(20)9-11-8-10(16(22)23-19)5-6-13(11)14(17)15(18)21/h5-6,8,12,14H,2-4,7,9,19H2,1H3,(H2,18,21)/t12-,14-/m0/s1. The van der Waals surface area contributed by atoms with Crippen LogP contribution in [0.4, 0.5) is 0 Å². The third-order valence-electron chi connectivity index (χ3n) is 4.37. The molecule has 126 valence electrons. The fourth-order valence-corrected chi connectivity index (χ4v) is 3.39. The van der Waals surface area contributed by atoms with Crippen LogP contribution in [-0.4, -0.2) is 35.9 Å². The molecule has 1 aromatic carbocycles. The van der Waals surface area contributed by atoms with Gasteiger partial charge in [-0.2, -0.15) is 5.90 Å². The maximum absolute atomic E-state index is 11.7. The number of halogens is 1. The second kappa shape index (κ2) is 7.77. The van der Waals surface area contributed by atoms with Crippen LogP contribution >= 0.6 is 11.6 Å². The smallest absolute Gasteiger partial charge is 0.356 e. The van der Waals surface area contributed by atoms with Crippen molar-refractivity contribution < 1.29 is 14.4 Å².